The molecule has 0 radical (unpaired) electrons. The number of carbonyl (C=O) groups is 3. The molecule has 7 nitrogen and oxygen atoms in total. The van der Waals surface area contributed by atoms with Crippen molar-refractivity contribution in [3.8, 4) is 17.2 Å². The minimum absolute atomic E-state index is 0.0969. The van der Waals surface area contributed by atoms with E-state index in [0.29, 0.717) is 40.5 Å². The van der Waals surface area contributed by atoms with Crippen LogP contribution in [0, 0.1) is 17.8 Å². The van der Waals surface area contributed by atoms with Crippen molar-refractivity contribution in [3.63, 3.8) is 0 Å². The lowest BCUT2D eigenvalue weighted by Gasteiger charge is -2.19. The molecule has 7 heteroatoms. The van der Waals surface area contributed by atoms with Gasteiger partial charge in [0.25, 0.3) is 0 Å². The van der Waals surface area contributed by atoms with Gasteiger partial charge in [-0.15, -0.1) is 0 Å². The van der Waals surface area contributed by atoms with Crippen molar-refractivity contribution in [1.82, 2.24) is 0 Å². The number of benzene rings is 2. The molecule has 37 heavy (non-hydrogen) atoms. The van der Waals surface area contributed by atoms with Crippen LogP contribution in [0.1, 0.15) is 76.4 Å². The summed E-state index contributed by atoms with van der Waals surface area (Å²) >= 11 is 0. The molecular weight excluding hydrogens is 472 g/mol. The SMILES string of the molecule is CCCOc1cc(OC(=O)C(C)(C)C)c(C)cc1C=C(OC)C(=O)c1ccc(OC(=O)C(C)(C)C)cc1. The van der Waals surface area contributed by atoms with E-state index < -0.39 is 10.8 Å². The van der Waals surface area contributed by atoms with Gasteiger partial charge in [0.05, 0.1) is 24.5 Å². The summed E-state index contributed by atoms with van der Waals surface area (Å²) in [6, 6.07) is 9.75. The number of Topliss-reactive ketones (excluding diaryl/α,β-unsaturated/α-hetero) is 1. The predicted molar refractivity (Wildman–Crippen MR) is 143 cm³/mol. The molecule has 0 bridgehead atoms. The number of ether oxygens (including phenoxy) is 4. The third-order valence-corrected chi connectivity index (χ3v) is 5.25. The van der Waals surface area contributed by atoms with Gasteiger partial charge in [0.2, 0.25) is 5.78 Å². The summed E-state index contributed by atoms with van der Waals surface area (Å²) in [5.74, 6) is 0.244. The highest BCUT2D eigenvalue weighted by molar-refractivity contribution is 6.10. The van der Waals surface area contributed by atoms with Gasteiger partial charge >= 0.3 is 11.9 Å². The van der Waals surface area contributed by atoms with E-state index in [-0.39, 0.29) is 23.5 Å². The zero-order chi connectivity index (χ0) is 28.0. The molecular formula is C30H38O7. The van der Waals surface area contributed by atoms with Gasteiger partial charge in [0.1, 0.15) is 17.2 Å². The number of carbonyl (C=O) groups excluding carboxylic acids is 3. The second-order valence-electron chi connectivity index (χ2n) is 10.8. The highest BCUT2D eigenvalue weighted by atomic mass is 16.5. The lowest BCUT2D eigenvalue weighted by atomic mass is 9.97. The van der Waals surface area contributed by atoms with E-state index in [0.717, 1.165) is 6.42 Å². The Kier molecular flexibility index (Phi) is 9.67. The van der Waals surface area contributed by atoms with Gasteiger partial charge in [0, 0.05) is 17.2 Å². The topological polar surface area (TPSA) is 88.1 Å². The van der Waals surface area contributed by atoms with Crippen LogP contribution in [-0.2, 0) is 14.3 Å². The Bertz CT molecular complexity index is 1160. The number of methoxy groups -OCH3 is 1. The third-order valence-electron chi connectivity index (χ3n) is 5.25. The third kappa shape index (κ3) is 8.20. The molecule has 0 fully saturated rings. The summed E-state index contributed by atoms with van der Waals surface area (Å²) in [5.41, 5.74) is 0.387. The van der Waals surface area contributed by atoms with Crippen molar-refractivity contribution in [2.45, 2.75) is 61.8 Å². The number of aryl methyl sites for hydroxylation is 1. The Labute approximate surface area is 219 Å². The molecule has 2 aromatic rings. The summed E-state index contributed by atoms with van der Waals surface area (Å²) < 4.78 is 22.3. The fourth-order valence-electron chi connectivity index (χ4n) is 2.94. The van der Waals surface area contributed by atoms with E-state index in [1.54, 1.807) is 84.0 Å². The van der Waals surface area contributed by atoms with Gasteiger partial charge in [-0.3, -0.25) is 14.4 Å². The monoisotopic (exact) mass is 510 g/mol. The molecule has 0 aliphatic heterocycles. The number of hydrogen-bond donors (Lipinski definition) is 0. The summed E-state index contributed by atoms with van der Waals surface area (Å²) in [7, 11) is 1.42. The van der Waals surface area contributed by atoms with Gasteiger partial charge < -0.3 is 18.9 Å². The van der Waals surface area contributed by atoms with Crippen LogP contribution in [0.4, 0.5) is 0 Å². The quantitative estimate of drug-likeness (QED) is 0.124. The number of esters is 2. The van der Waals surface area contributed by atoms with E-state index in [1.807, 2.05) is 13.8 Å². The Morgan fingerprint density at radius 3 is 1.92 bits per heavy atom. The number of ketones is 1. The summed E-state index contributed by atoms with van der Waals surface area (Å²) in [6.45, 7) is 14.9. The smallest absolute Gasteiger partial charge is 0.316 e. The lowest BCUT2D eigenvalue weighted by Crippen LogP contribution is -2.25. The zero-order valence-electron chi connectivity index (χ0n) is 23.3. The van der Waals surface area contributed by atoms with Crippen LogP contribution >= 0.6 is 0 Å². The minimum atomic E-state index is -0.661. The van der Waals surface area contributed by atoms with Crippen molar-refractivity contribution >= 4 is 23.8 Å². The maximum Gasteiger partial charge on any atom is 0.316 e. The Morgan fingerprint density at radius 1 is 0.838 bits per heavy atom. The average molecular weight is 511 g/mol. The van der Waals surface area contributed by atoms with E-state index in [2.05, 4.69) is 0 Å². The largest absolute Gasteiger partial charge is 0.493 e. The van der Waals surface area contributed by atoms with Crippen molar-refractivity contribution in [1.29, 1.82) is 0 Å². The van der Waals surface area contributed by atoms with Crippen molar-refractivity contribution < 1.29 is 33.3 Å². The van der Waals surface area contributed by atoms with Crippen LogP contribution < -0.4 is 14.2 Å². The first-order chi connectivity index (χ1) is 17.2. The molecule has 2 rings (SSSR count). The summed E-state index contributed by atoms with van der Waals surface area (Å²) in [5, 5.41) is 0. The number of hydrogen-bond acceptors (Lipinski definition) is 7. The predicted octanol–water partition coefficient (Wildman–Crippen LogP) is 6.56. The normalized spacial score (nSPS) is 12.1. The molecule has 0 N–H and O–H groups in total. The molecule has 0 aromatic heterocycles. The van der Waals surface area contributed by atoms with E-state index >= 15 is 0 Å². The molecule has 0 saturated carbocycles. The van der Waals surface area contributed by atoms with Gasteiger partial charge in [-0.25, -0.2) is 0 Å². The average Bonchev–Trinajstić information content (AvgIpc) is 2.81. The molecule has 0 heterocycles. The fourth-order valence-corrected chi connectivity index (χ4v) is 2.94. The van der Waals surface area contributed by atoms with E-state index in [4.69, 9.17) is 18.9 Å². The highest BCUT2D eigenvalue weighted by Gasteiger charge is 2.26. The zero-order valence-corrected chi connectivity index (χ0v) is 23.3. The molecule has 0 amide bonds. The first-order valence-electron chi connectivity index (χ1n) is 12.3. The van der Waals surface area contributed by atoms with Crippen LogP contribution in [0.15, 0.2) is 42.2 Å². The molecule has 2 aromatic carbocycles. The first kappa shape index (κ1) is 29.6. The second kappa shape index (κ2) is 12.1. The fraction of sp³-hybridized carbons (Fsp3) is 0.433. The van der Waals surface area contributed by atoms with Crippen molar-refractivity contribution in [2.75, 3.05) is 13.7 Å². The molecule has 0 aliphatic rings. The first-order valence-corrected chi connectivity index (χ1v) is 12.3. The van der Waals surface area contributed by atoms with Crippen LogP contribution in [0.2, 0.25) is 0 Å². The van der Waals surface area contributed by atoms with Crippen molar-refractivity contribution in [2.24, 2.45) is 10.8 Å². The highest BCUT2D eigenvalue weighted by Crippen LogP contribution is 2.33. The van der Waals surface area contributed by atoms with E-state index in [9.17, 15) is 14.4 Å². The van der Waals surface area contributed by atoms with Gasteiger partial charge in [0.15, 0.2) is 5.76 Å². The maximum absolute atomic E-state index is 13.2. The second-order valence-corrected chi connectivity index (χ2v) is 10.8. The van der Waals surface area contributed by atoms with Crippen LogP contribution in [0.25, 0.3) is 6.08 Å². The van der Waals surface area contributed by atoms with Crippen molar-refractivity contribution in [3.05, 3.63) is 58.8 Å². The molecule has 0 unspecified atom stereocenters. The molecule has 0 aliphatic carbocycles. The molecule has 0 saturated heterocycles. The number of rotatable bonds is 9. The summed E-state index contributed by atoms with van der Waals surface area (Å²) in [4.78, 5) is 37.7. The number of allylic oxidation sites excluding steroid dienone is 1. The molecule has 200 valence electrons. The van der Waals surface area contributed by atoms with Crippen LogP contribution in [0.5, 0.6) is 17.2 Å². The molecule has 0 spiro atoms. The van der Waals surface area contributed by atoms with Crippen LogP contribution in [-0.4, -0.2) is 31.4 Å². The standard InChI is InChI=1S/C30H38O7/c1-10-15-35-24-18-23(37-28(33)30(6,7)8)19(2)16-21(24)17-25(34-9)26(31)20-11-13-22(14-12-20)36-27(32)29(3,4)5/h11-14,16-18H,10,15H2,1-9H3. The Morgan fingerprint density at radius 2 is 1.41 bits per heavy atom. The van der Waals surface area contributed by atoms with Gasteiger partial charge in [-0.05, 0) is 96.9 Å². The Hall–Kier alpha value is -3.61. The van der Waals surface area contributed by atoms with Crippen LogP contribution in [0.3, 0.4) is 0 Å². The van der Waals surface area contributed by atoms with Gasteiger partial charge in [-0.2, -0.15) is 0 Å². The molecule has 0 atom stereocenters. The maximum atomic E-state index is 13.2. The minimum Gasteiger partial charge on any atom is -0.493 e. The van der Waals surface area contributed by atoms with E-state index in [1.165, 1.54) is 7.11 Å². The Balaban J connectivity index is 2.38. The lowest BCUT2D eigenvalue weighted by molar-refractivity contribution is -0.143. The van der Waals surface area contributed by atoms with Gasteiger partial charge in [-0.1, -0.05) is 6.92 Å². The summed E-state index contributed by atoms with van der Waals surface area (Å²) in [6.07, 6.45) is 2.37.